The maximum atomic E-state index is 14.2. The van der Waals surface area contributed by atoms with Gasteiger partial charge in [-0.25, -0.2) is 14.4 Å². The Morgan fingerprint density at radius 1 is 1.12 bits per heavy atom. The number of hydrogen-bond acceptors (Lipinski definition) is 9. The number of halogens is 1. The van der Waals surface area contributed by atoms with Gasteiger partial charge in [0.05, 0.1) is 12.2 Å². The molecule has 0 amide bonds. The van der Waals surface area contributed by atoms with Gasteiger partial charge in [0, 0.05) is 17.8 Å². The number of carbonyl (C=O) groups is 2. The lowest BCUT2D eigenvalue weighted by Crippen LogP contribution is -2.61. The number of hydrogen-bond donors (Lipinski definition) is 2. The van der Waals surface area contributed by atoms with Crippen molar-refractivity contribution in [3.8, 4) is 22.9 Å². The number of rotatable bonds is 6. The summed E-state index contributed by atoms with van der Waals surface area (Å²) in [6.45, 7) is 0.137. The van der Waals surface area contributed by atoms with Crippen LogP contribution in [0.15, 0.2) is 59.4 Å². The molecule has 5 rings (SSSR count). The molecule has 1 saturated carbocycles. The van der Waals surface area contributed by atoms with E-state index in [0.29, 0.717) is 22.6 Å². The molecule has 4 aromatic rings. The fourth-order valence-corrected chi connectivity index (χ4v) is 3.35. The minimum Gasteiger partial charge on any atom is -0.382 e. The lowest BCUT2D eigenvalue weighted by atomic mass is 9.86. The van der Waals surface area contributed by atoms with Crippen molar-refractivity contribution in [1.82, 2.24) is 24.9 Å². The van der Waals surface area contributed by atoms with E-state index >= 15 is 0 Å². The van der Waals surface area contributed by atoms with E-state index in [1.165, 1.54) is 24.6 Å². The van der Waals surface area contributed by atoms with Crippen molar-refractivity contribution in [2.75, 3.05) is 5.32 Å². The molecule has 2 N–H and O–H groups in total. The Bertz CT molecular complexity index is 1320. The molecule has 3 heterocycles. The Balaban J connectivity index is 1.48. The van der Waals surface area contributed by atoms with Gasteiger partial charge in [-0.15, -0.1) is 0 Å². The molecule has 1 aliphatic carbocycles. The molecule has 160 valence electrons. The first-order valence-electron chi connectivity index (χ1n) is 9.59. The van der Waals surface area contributed by atoms with E-state index in [-0.39, 0.29) is 24.0 Å². The van der Waals surface area contributed by atoms with Crippen LogP contribution in [-0.4, -0.2) is 53.7 Å². The van der Waals surface area contributed by atoms with Gasteiger partial charge in [0.25, 0.3) is 0 Å². The van der Waals surface area contributed by atoms with Gasteiger partial charge < -0.3 is 14.9 Å². The molecule has 1 aromatic carbocycles. The van der Waals surface area contributed by atoms with Gasteiger partial charge >= 0.3 is 0 Å². The van der Waals surface area contributed by atoms with Crippen LogP contribution in [-0.2, 0) is 16.1 Å². The van der Waals surface area contributed by atoms with Crippen molar-refractivity contribution in [1.29, 1.82) is 0 Å². The van der Waals surface area contributed by atoms with Crippen molar-refractivity contribution in [2.45, 2.75) is 18.7 Å². The van der Waals surface area contributed by atoms with Gasteiger partial charge in [0.15, 0.2) is 5.82 Å². The molecule has 0 spiro atoms. The third-order valence-electron chi connectivity index (χ3n) is 5.06. The Kier molecular flexibility index (Phi) is 4.79. The molecule has 0 bridgehead atoms. The van der Waals surface area contributed by atoms with Gasteiger partial charge in [-0.2, -0.15) is 5.10 Å². The lowest BCUT2D eigenvalue weighted by Gasteiger charge is -2.29. The second-order valence-corrected chi connectivity index (χ2v) is 7.11. The number of benzene rings is 1. The van der Waals surface area contributed by atoms with Crippen LogP contribution in [0.1, 0.15) is 5.56 Å². The number of Topliss-reactive ketones (excluding diaryl/α,β-unsaturated/α-hetero) is 2. The molecular weight excluding hydrogens is 419 g/mol. The summed E-state index contributed by atoms with van der Waals surface area (Å²) in [5.41, 5.74) is 1.87. The van der Waals surface area contributed by atoms with Crippen molar-refractivity contribution < 1.29 is 23.6 Å². The van der Waals surface area contributed by atoms with Gasteiger partial charge in [0.1, 0.15) is 41.4 Å². The van der Waals surface area contributed by atoms with Crippen LogP contribution >= 0.6 is 0 Å². The predicted octanol–water partition coefficient (Wildman–Crippen LogP) is 1.48. The second kappa shape index (κ2) is 7.78. The minimum absolute atomic E-state index is 0.137. The molecular formula is C21H15FN6O4. The molecule has 0 aliphatic heterocycles. The third kappa shape index (κ3) is 3.44. The van der Waals surface area contributed by atoms with Crippen LogP contribution in [0.4, 0.5) is 10.2 Å². The SMILES string of the molecule is O=C1C(=O)C(Nc2ccnc(-c3cc(-c4ccon4)n(Cc4ccccc4F)n3)n2)C1O. The van der Waals surface area contributed by atoms with Crippen LogP contribution in [0.25, 0.3) is 22.9 Å². The fourth-order valence-electron chi connectivity index (χ4n) is 3.35. The van der Waals surface area contributed by atoms with E-state index in [2.05, 4.69) is 25.5 Å². The van der Waals surface area contributed by atoms with Crippen molar-refractivity contribution in [3.63, 3.8) is 0 Å². The maximum Gasteiger partial charge on any atom is 0.231 e. The first kappa shape index (κ1) is 19.7. The largest absolute Gasteiger partial charge is 0.382 e. The molecule has 32 heavy (non-hydrogen) atoms. The first-order valence-corrected chi connectivity index (χ1v) is 9.59. The summed E-state index contributed by atoms with van der Waals surface area (Å²) in [4.78, 5) is 31.4. The van der Waals surface area contributed by atoms with E-state index < -0.39 is 23.7 Å². The van der Waals surface area contributed by atoms with Crippen LogP contribution < -0.4 is 5.32 Å². The lowest BCUT2D eigenvalue weighted by molar-refractivity contribution is -0.152. The number of aromatic nitrogens is 5. The smallest absolute Gasteiger partial charge is 0.231 e. The van der Waals surface area contributed by atoms with Gasteiger partial charge in [-0.05, 0) is 18.2 Å². The number of anilines is 1. The zero-order chi connectivity index (χ0) is 22.2. The van der Waals surface area contributed by atoms with E-state index in [1.54, 1.807) is 35.0 Å². The zero-order valence-electron chi connectivity index (χ0n) is 16.3. The number of nitrogens with zero attached hydrogens (tertiary/aromatic N) is 5. The van der Waals surface area contributed by atoms with Crippen LogP contribution in [0, 0.1) is 5.82 Å². The van der Waals surface area contributed by atoms with Gasteiger partial charge in [-0.3, -0.25) is 14.3 Å². The summed E-state index contributed by atoms with van der Waals surface area (Å²) in [5, 5.41) is 20.8. The van der Waals surface area contributed by atoms with Gasteiger partial charge in [-0.1, -0.05) is 23.4 Å². The van der Waals surface area contributed by atoms with Crippen LogP contribution in [0.3, 0.4) is 0 Å². The van der Waals surface area contributed by atoms with Crippen LogP contribution in [0.2, 0.25) is 0 Å². The van der Waals surface area contributed by atoms with Crippen molar-refractivity contribution in [2.24, 2.45) is 0 Å². The standard InChI is InChI=1S/C21H15FN6O4/c22-12-4-2-1-3-11(12)10-28-15(13-6-8-32-27-13)9-14(26-28)21-23-7-5-16(25-21)24-17-18(29)20(31)19(17)30/h1-9,17-18,29H,10H2,(H,23,24,25). The number of aliphatic hydroxyl groups excluding tert-OH is 1. The van der Waals surface area contributed by atoms with E-state index in [9.17, 15) is 19.1 Å². The predicted molar refractivity (Wildman–Crippen MR) is 108 cm³/mol. The number of carbonyl (C=O) groups excluding carboxylic acids is 2. The normalized spacial score (nSPS) is 17.9. The molecule has 10 nitrogen and oxygen atoms in total. The zero-order valence-corrected chi connectivity index (χ0v) is 16.3. The molecule has 1 aliphatic rings. The highest BCUT2D eigenvalue weighted by atomic mass is 19.1. The first-order chi connectivity index (χ1) is 15.5. The summed E-state index contributed by atoms with van der Waals surface area (Å²) in [5.74, 6) is -1.44. The Labute approximate surface area is 179 Å². The quantitative estimate of drug-likeness (QED) is 0.432. The molecule has 0 saturated heterocycles. The molecule has 1 fully saturated rings. The average Bonchev–Trinajstić information content (AvgIpc) is 3.48. The summed E-state index contributed by atoms with van der Waals surface area (Å²) in [6.07, 6.45) is 1.46. The third-order valence-corrected chi connectivity index (χ3v) is 5.06. The Morgan fingerprint density at radius 2 is 1.97 bits per heavy atom. The molecule has 2 atom stereocenters. The van der Waals surface area contributed by atoms with Crippen molar-refractivity contribution >= 4 is 17.4 Å². The Morgan fingerprint density at radius 3 is 2.72 bits per heavy atom. The van der Waals surface area contributed by atoms with Gasteiger partial charge in [0.2, 0.25) is 11.6 Å². The van der Waals surface area contributed by atoms with E-state index in [1.807, 2.05) is 0 Å². The number of aliphatic hydroxyl groups is 1. The summed E-state index contributed by atoms with van der Waals surface area (Å²) in [6, 6.07) is 10.2. The highest BCUT2D eigenvalue weighted by molar-refractivity contribution is 6.49. The number of nitrogens with one attached hydrogen (secondary N) is 1. The average molecular weight is 434 g/mol. The van der Waals surface area contributed by atoms with Crippen molar-refractivity contribution in [3.05, 3.63) is 66.3 Å². The van der Waals surface area contributed by atoms with E-state index in [4.69, 9.17) is 4.52 Å². The second-order valence-electron chi connectivity index (χ2n) is 7.11. The number of ketones is 2. The Hall–Kier alpha value is -4.25. The van der Waals surface area contributed by atoms with Crippen LogP contribution in [0.5, 0.6) is 0 Å². The molecule has 3 aromatic heterocycles. The highest BCUT2D eigenvalue weighted by Crippen LogP contribution is 2.26. The highest BCUT2D eigenvalue weighted by Gasteiger charge is 2.48. The fraction of sp³-hybridized carbons (Fsp3) is 0.143. The molecule has 2 unspecified atom stereocenters. The molecule has 0 radical (unpaired) electrons. The summed E-state index contributed by atoms with van der Waals surface area (Å²) < 4.78 is 20.7. The van der Waals surface area contributed by atoms with E-state index in [0.717, 1.165) is 0 Å². The summed E-state index contributed by atoms with van der Waals surface area (Å²) >= 11 is 0. The maximum absolute atomic E-state index is 14.2. The summed E-state index contributed by atoms with van der Waals surface area (Å²) in [7, 11) is 0. The molecule has 11 heteroatoms. The monoisotopic (exact) mass is 434 g/mol. The topological polar surface area (TPSA) is 136 Å². The minimum atomic E-state index is -1.40.